The van der Waals surface area contributed by atoms with Gasteiger partial charge in [0, 0.05) is 24.1 Å². The molecule has 0 radical (unpaired) electrons. The first-order chi connectivity index (χ1) is 14.8. The van der Waals surface area contributed by atoms with Crippen LogP contribution in [-0.2, 0) is 9.84 Å². The average Bonchev–Trinajstić information content (AvgIpc) is 2.92. The number of nitrogens with zero attached hydrogens (tertiary/aromatic N) is 2. The van der Waals surface area contributed by atoms with Crippen LogP contribution in [0.3, 0.4) is 0 Å². The summed E-state index contributed by atoms with van der Waals surface area (Å²) >= 11 is 0. The van der Waals surface area contributed by atoms with Crippen LogP contribution in [0.4, 0.5) is 5.69 Å². The van der Waals surface area contributed by atoms with Crippen molar-refractivity contribution in [1.82, 2.24) is 4.57 Å². The number of hydrogen-bond donors (Lipinski definition) is 1. The fraction of sp³-hybridized carbons (Fsp3) is 0.190. The van der Waals surface area contributed by atoms with Crippen molar-refractivity contribution in [2.24, 2.45) is 0 Å². The molecule has 4 rings (SSSR count). The van der Waals surface area contributed by atoms with Crippen LogP contribution in [0.2, 0.25) is 0 Å². The maximum Gasteiger partial charge on any atom is 0.285 e. The molecule has 1 N–H and O–H groups in total. The molecule has 1 aromatic heterocycles. The normalized spacial score (nSPS) is 18.5. The van der Waals surface area contributed by atoms with E-state index in [1.807, 2.05) is 0 Å². The molecule has 2 aromatic carbocycles. The van der Waals surface area contributed by atoms with Gasteiger partial charge in [0.25, 0.3) is 11.2 Å². The highest BCUT2D eigenvalue weighted by Gasteiger charge is 2.32. The lowest BCUT2D eigenvalue weighted by Crippen LogP contribution is -2.32. The topological polar surface area (TPSA) is 129 Å². The minimum absolute atomic E-state index is 0.0429. The summed E-state index contributed by atoms with van der Waals surface area (Å²) in [7, 11) is -3.87. The molecule has 2 heterocycles. The number of ether oxygens (including phenoxy) is 1. The third-order valence-electron chi connectivity index (χ3n) is 5.13. The summed E-state index contributed by atoms with van der Waals surface area (Å²) in [4.78, 5) is 23.1. The fourth-order valence-corrected chi connectivity index (χ4v) is 4.92. The average molecular weight is 442 g/mol. The van der Waals surface area contributed by atoms with Crippen molar-refractivity contribution in [1.29, 1.82) is 0 Å². The zero-order chi connectivity index (χ0) is 22.2. The quantitative estimate of drug-likeness (QED) is 0.485. The van der Waals surface area contributed by atoms with Gasteiger partial charge in [0.1, 0.15) is 5.75 Å². The molecule has 0 aliphatic carbocycles. The minimum Gasteiger partial charge on any atom is -0.493 e. The molecule has 2 unspecified atom stereocenters. The number of benzene rings is 2. The number of aliphatic hydroxyl groups is 1. The Morgan fingerprint density at radius 2 is 1.81 bits per heavy atom. The SMILES string of the molecule is O=c1ccc([N+](=O)[O-])cn1C1c2cc(S(=O)(=O)c3ccccc3)ccc2OCCC1O. The van der Waals surface area contributed by atoms with Gasteiger partial charge in [-0.1, -0.05) is 18.2 Å². The number of rotatable bonds is 4. The molecular weight excluding hydrogens is 424 g/mol. The highest BCUT2D eigenvalue weighted by Crippen LogP contribution is 2.37. The maximum absolute atomic E-state index is 13.1. The third kappa shape index (κ3) is 3.82. The Kier molecular flexibility index (Phi) is 5.34. The van der Waals surface area contributed by atoms with E-state index in [2.05, 4.69) is 0 Å². The summed E-state index contributed by atoms with van der Waals surface area (Å²) in [6, 6.07) is 13.1. The standard InChI is InChI=1S/C21H18N2O7S/c24-18-10-11-30-19-8-7-16(31(28,29)15-4-2-1-3-5-15)12-17(19)21(18)22-13-14(23(26)27)6-9-20(22)25/h1-9,12-13,18,21,24H,10-11H2. The lowest BCUT2D eigenvalue weighted by atomic mass is 9.99. The van der Waals surface area contributed by atoms with E-state index in [-0.39, 0.29) is 34.1 Å². The summed E-state index contributed by atoms with van der Waals surface area (Å²) in [5, 5.41) is 22.0. The molecule has 0 bridgehead atoms. The van der Waals surface area contributed by atoms with Gasteiger partial charge in [0.15, 0.2) is 0 Å². The molecule has 10 heteroatoms. The van der Waals surface area contributed by atoms with Crippen molar-refractivity contribution >= 4 is 15.5 Å². The van der Waals surface area contributed by atoms with Crippen LogP contribution in [0.25, 0.3) is 0 Å². The Morgan fingerprint density at radius 3 is 2.52 bits per heavy atom. The second-order valence-electron chi connectivity index (χ2n) is 7.06. The second kappa shape index (κ2) is 7.97. The van der Waals surface area contributed by atoms with Crippen LogP contribution in [0, 0.1) is 10.1 Å². The van der Waals surface area contributed by atoms with Crippen molar-refractivity contribution in [2.45, 2.75) is 28.4 Å². The van der Waals surface area contributed by atoms with Gasteiger partial charge in [-0.25, -0.2) is 8.42 Å². The van der Waals surface area contributed by atoms with Gasteiger partial charge in [0.2, 0.25) is 9.84 Å². The summed E-state index contributed by atoms with van der Waals surface area (Å²) in [5.41, 5.74) is -0.644. The van der Waals surface area contributed by atoms with E-state index < -0.39 is 32.5 Å². The summed E-state index contributed by atoms with van der Waals surface area (Å²) in [6.45, 7) is 0.138. The molecule has 31 heavy (non-hydrogen) atoms. The van der Waals surface area contributed by atoms with Crippen LogP contribution >= 0.6 is 0 Å². The van der Waals surface area contributed by atoms with Gasteiger partial charge in [-0.2, -0.15) is 0 Å². The van der Waals surface area contributed by atoms with Gasteiger partial charge in [0.05, 0.1) is 39.7 Å². The van der Waals surface area contributed by atoms with Crippen molar-refractivity contribution < 1.29 is 23.2 Å². The molecule has 1 aliphatic heterocycles. The number of fused-ring (bicyclic) bond motifs is 1. The van der Waals surface area contributed by atoms with Crippen LogP contribution in [0.15, 0.2) is 81.4 Å². The number of nitro groups is 1. The Balaban J connectivity index is 1.91. The predicted molar refractivity (Wildman–Crippen MR) is 110 cm³/mol. The second-order valence-corrected chi connectivity index (χ2v) is 9.01. The molecule has 3 aromatic rings. The molecule has 0 saturated carbocycles. The van der Waals surface area contributed by atoms with Gasteiger partial charge in [-0.15, -0.1) is 0 Å². The van der Waals surface area contributed by atoms with Gasteiger partial charge in [-0.05, 0) is 30.3 Å². The minimum atomic E-state index is -3.87. The number of hydrogen-bond acceptors (Lipinski definition) is 7. The molecule has 0 amide bonds. The largest absolute Gasteiger partial charge is 0.493 e. The molecule has 160 valence electrons. The number of aromatic nitrogens is 1. The smallest absolute Gasteiger partial charge is 0.285 e. The van der Waals surface area contributed by atoms with Gasteiger partial charge >= 0.3 is 0 Å². The van der Waals surface area contributed by atoms with E-state index >= 15 is 0 Å². The van der Waals surface area contributed by atoms with E-state index in [0.29, 0.717) is 5.75 Å². The first-order valence-electron chi connectivity index (χ1n) is 9.40. The molecule has 1 aliphatic rings. The molecule has 0 saturated heterocycles. The Labute approximate surface area is 177 Å². The highest BCUT2D eigenvalue weighted by molar-refractivity contribution is 7.91. The fourth-order valence-electron chi connectivity index (χ4n) is 3.60. The van der Waals surface area contributed by atoms with Crippen LogP contribution in [0.5, 0.6) is 5.75 Å². The zero-order valence-corrected chi connectivity index (χ0v) is 16.9. The van der Waals surface area contributed by atoms with Crippen LogP contribution in [-0.4, -0.2) is 35.7 Å². The molecule has 2 atom stereocenters. The van der Waals surface area contributed by atoms with Gasteiger partial charge < -0.3 is 9.84 Å². The van der Waals surface area contributed by atoms with Crippen molar-refractivity contribution in [3.63, 3.8) is 0 Å². The van der Waals surface area contributed by atoms with Crippen molar-refractivity contribution in [2.75, 3.05) is 6.61 Å². The van der Waals surface area contributed by atoms with Crippen LogP contribution in [0.1, 0.15) is 18.0 Å². The monoisotopic (exact) mass is 442 g/mol. The Hall–Kier alpha value is -3.50. The summed E-state index contributed by atoms with van der Waals surface area (Å²) < 4.78 is 32.9. The van der Waals surface area contributed by atoms with E-state index in [4.69, 9.17) is 4.74 Å². The number of sulfone groups is 1. The number of aliphatic hydroxyl groups excluding tert-OH is 1. The first kappa shape index (κ1) is 20.8. The summed E-state index contributed by atoms with van der Waals surface area (Å²) in [6.07, 6.45) is 0.0643. The van der Waals surface area contributed by atoms with E-state index in [1.54, 1.807) is 18.2 Å². The van der Waals surface area contributed by atoms with Crippen LogP contribution < -0.4 is 10.3 Å². The predicted octanol–water partition coefficient (Wildman–Crippen LogP) is 2.32. The number of pyridine rings is 1. The van der Waals surface area contributed by atoms with Crippen molar-refractivity contribution in [3.8, 4) is 5.75 Å². The lowest BCUT2D eigenvalue weighted by molar-refractivity contribution is -0.385. The zero-order valence-electron chi connectivity index (χ0n) is 16.1. The Morgan fingerprint density at radius 1 is 1.06 bits per heavy atom. The maximum atomic E-state index is 13.1. The highest BCUT2D eigenvalue weighted by atomic mass is 32.2. The summed E-state index contributed by atoms with van der Waals surface area (Å²) in [5.74, 6) is 0.298. The first-order valence-corrected chi connectivity index (χ1v) is 10.9. The molecule has 0 fully saturated rings. The van der Waals surface area contributed by atoms with E-state index in [1.165, 1.54) is 30.3 Å². The van der Waals surface area contributed by atoms with Crippen molar-refractivity contribution in [3.05, 3.63) is 92.9 Å². The lowest BCUT2D eigenvalue weighted by Gasteiger charge is -2.24. The molecule has 9 nitrogen and oxygen atoms in total. The van der Waals surface area contributed by atoms with E-state index in [0.717, 1.165) is 22.9 Å². The molecule has 0 spiro atoms. The van der Waals surface area contributed by atoms with E-state index in [9.17, 15) is 28.4 Å². The third-order valence-corrected chi connectivity index (χ3v) is 6.90. The Bertz CT molecular complexity index is 1300. The van der Waals surface area contributed by atoms with Gasteiger partial charge in [-0.3, -0.25) is 19.5 Å². The molecular formula is C21H18N2O7S.